The van der Waals surface area contributed by atoms with Crippen LogP contribution < -0.4 is 5.32 Å². The number of carbonyl (C=O) groups excluding carboxylic acids is 3. The molecule has 0 aromatic heterocycles. The van der Waals surface area contributed by atoms with Gasteiger partial charge in [-0.1, -0.05) is 23.7 Å². The van der Waals surface area contributed by atoms with E-state index in [0.29, 0.717) is 31.1 Å². The second-order valence-electron chi connectivity index (χ2n) is 7.00. The van der Waals surface area contributed by atoms with Crippen LogP contribution in [0.3, 0.4) is 0 Å². The van der Waals surface area contributed by atoms with E-state index < -0.39 is 12.1 Å². The molecule has 2 atom stereocenters. The van der Waals surface area contributed by atoms with E-state index in [1.807, 2.05) is 12.1 Å². The van der Waals surface area contributed by atoms with Gasteiger partial charge in [0.1, 0.15) is 12.1 Å². The van der Waals surface area contributed by atoms with Gasteiger partial charge in [-0.25, -0.2) is 0 Å². The predicted octanol–water partition coefficient (Wildman–Crippen LogP) is 0.830. The van der Waals surface area contributed by atoms with Gasteiger partial charge in [-0.2, -0.15) is 0 Å². The number of hydrogen-bond acceptors (Lipinski definition) is 3. The van der Waals surface area contributed by atoms with E-state index in [2.05, 4.69) is 5.32 Å². The van der Waals surface area contributed by atoms with Crippen LogP contribution in [-0.2, 0) is 20.8 Å². The number of amides is 3. The van der Waals surface area contributed by atoms with Crippen molar-refractivity contribution >= 4 is 29.3 Å². The van der Waals surface area contributed by atoms with Crippen molar-refractivity contribution in [1.29, 1.82) is 0 Å². The number of halogens is 1. The molecule has 132 valence electrons. The van der Waals surface area contributed by atoms with Crippen molar-refractivity contribution in [2.75, 3.05) is 19.6 Å². The molecule has 1 aromatic carbocycles. The van der Waals surface area contributed by atoms with E-state index >= 15 is 0 Å². The van der Waals surface area contributed by atoms with Crippen LogP contribution in [0.4, 0.5) is 0 Å². The third kappa shape index (κ3) is 3.23. The first-order chi connectivity index (χ1) is 12.0. The van der Waals surface area contributed by atoms with Crippen LogP contribution in [0.5, 0.6) is 0 Å². The summed E-state index contributed by atoms with van der Waals surface area (Å²) in [4.78, 5) is 40.9. The van der Waals surface area contributed by atoms with Crippen molar-refractivity contribution in [3.8, 4) is 0 Å². The zero-order chi connectivity index (χ0) is 17.6. The van der Waals surface area contributed by atoms with Crippen LogP contribution in [0.1, 0.15) is 18.4 Å². The Bertz CT molecular complexity index is 717. The van der Waals surface area contributed by atoms with E-state index in [1.165, 1.54) is 0 Å². The summed E-state index contributed by atoms with van der Waals surface area (Å²) in [7, 11) is 0. The fraction of sp³-hybridized carbons (Fsp3) is 0.500. The Morgan fingerprint density at radius 2 is 1.88 bits per heavy atom. The number of rotatable bonds is 3. The smallest absolute Gasteiger partial charge is 0.246 e. The Hall–Kier alpha value is -2.08. The molecule has 3 aliphatic rings. The standard InChI is InChI=1S/C18H20ClN3O3/c19-13-5-1-11(2-6-13)9-14-18(25)22-8-7-21(17(24)12-3-4-12)10-15(22)16(23)20-14/h1-2,5-6,12,14-15H,3-4,7-10H2,(H,20,23). The first-order valence-electron chi connectivity index (χ1n) is 8.67. The molecule has 1 N–H and O–H groups in total. The highest BCUT2D eigenvalue weighted by atomic mass is 35.5. The summed E-state index contributed by atoms with van der Waals surface area (Å²) in [6.07, 6.45) is 2.33. The number of fused-ring (bicyclic) bond motifs is 1. The summed E-state index contributed by atoms with van der Waals surface area (Å²) in [5.41, 5.74) is 0.948. The second-order valence-corrected chi connectivity index (χ2v) is 7.43. The predicted molar refractivity (Wildman–Crippen MR) is 91.9 cm³/mol. The number of benzene rings is 1. The lowest BCUT2D eigenvalue weighted by Crippen LogP contribution is -2.70. The summed E-state index contributed by atoms with van der Waals surface area (Å²) in [5.74, 6) is 0.0136. The number of carbonyl (C=O) groups is 3. The van der Waals surface area contributed by atoms with Gasteiger partial charge in [0.15, 0.2) is 0 Å². The third-order valence-electron chi connectivity index (χ3n) is 5.17. The first-order valence-corrected chi connectivity index (χ1v) is 9.05. The molecule has 1 aliphatic carbocycles. The van der Waals surface area contributed by atoms with Crippen molar-refractivity contribution in [3.63, 3.8) is 0 Å². The summed E-state index contributed by atoms with van der Waals surface area (Å²) >= 11 is 5.89. The molecule has 6 nitrogen and oxygen atoms in total. The van der Waals surface area contributed by atoms with Crippen molar-refractivity contribution in [2.45, 2.75) is 31.3 Å². The van der Waals surface area contributed by atoms with Gasteiger partial charge in [-0.05, 0) is 30.5 Å². The topological polar surface area (TPSA) is 69.7 Å². The highest BCUT2D eigenvalue weighted by Gasteiger charge is 2.45. The molecule has 7 heteroatoms. The summed E-state index contributed by atoms with van der Waals surface area (Å²) in [6, 6.07) is 6.15. The van der Waals surface area contributed by atoms with Gasteiger partial charge in [0.05, 0.1) is 6.54 Å². The zero-order valence-electron chi connectivity index (χ0n) is 13.8. The monoisotopic (exact) mass is 361 g/mol. The zero-order valence-corrected chi connectivity index (χ0v) is 14.5. The summed E-state index contributed by atoms with van der Waals surface area (Å²) in [6.45, 7) is 1.24. The first kappa shape index (κ1) is 16.4. The second kappa shape index (κ2) is 6.33. The molecule has 0 radical (unpaired) electrons. The molecule has 0 bridgehead atoms. The Morgan fingerprint density at radius 3 is 2.56 bits per heavy atom. The van der Waals surface area contributed by atoms with Crippen molar-refractivity contribution in [1.82, 2.24) is 15.1 Å². The van der Waals surface area contributed by atoms with Crippen LogP contribution in [0.15, 0.2) is 24.3 Å². The normalized spacial score (nSPS) is 26.3. The molecular weight excluding hydrogens is 342 g/mol. The largest absolute Gasteiger partial charge is 0.342 e. The Kier molecular flexibility index (Phi) is 4.15. The van der Waals surface area contributed by atoms with Gasteiger partial charge in [0, 0.05) is 30.5 Å². The fourth-order valence-corrected chi connectivity index (χ4v) is 3.71. The highest BCUT2D eigenvalue weighted by Crippen LogP contribution is 2.32. The van der Waals surface area contributed by atoms with Crippen LogP contribution in [0.25, 0.3) is 0 Å². The van der Waals surface area contributed by atoms with Gasteiger partial charge in [0.2, 0.25) is 17.7 Å². The van der Waals surface area contributed by atoms with E-state index in [1.54, 1.807) is 21.9 Å². The van der Waals surface area contributed by atoms with Gasteiger partial charge >= 0.3 is 0 Å². The van der Waals surface area contributed by atoms with Crippen molar-refractivity contribution in [3.05, 3.63) is 34.9 Å². The number of hydrogen-bond donors (Lipinski definition) is 1. The SMILES string of the molecule is O=C1NC(Cc2ccc(Cl)cc2)C(=O)N2CCN(C(=O)C3CC3)CC12. The van der Waals surface area contributed by atoms with E-state index in [4.69, 9.17) is 11.6 Å². The van der Waals surface area contributed by atoms with Gasteiger partial charge in [-0.3, -0.25) is 14.4 Å². The minimum atomic E-state index is -0.564. The van der Waals surface area contributed by atoms with Crippen molar-refractivity contribution < 1.29 is 14.4 Å². The molecule has 2 saturated heterocycles. The maximum absolute atomic E-state index is 12.8. The molecule has 1 aromatic rings. The summed E-state index contributed by atoms with van der Waals surface area (Å²) < 4.78 is 0. The van der Waals surface area contributed by atoms with Crippen LogP contribution in [0.2, 0.25) is 5.02 Å². The minimum Gasteiger partial charge on any atom is -0.342 e. The van der Waals surface area contributed by atoms with Crippen LogP contribution in [-0.4, -0.2) is 59.2 Å². The highest BCUT2D eigenvalue weighted by molar-refractivity contribution is 6.30. The molecule has 2 heterocycles. The van der Waals surface area contributed by atoms with Crippen molar-refractivity contribution in [2.24, 2.45) is 5.92 Å². The molecule has 3 fully saturated rings. The third-order valence-corrected chi connectivity index (χ3v) is 5.42. The Labute approximate surface area is 151 Å². The Balaban J connectivity index is 1.44. The fourth-order valence-electron chi connectivity index (χ4n) is 3.58. The molecule has 2 unspecified atom stereocenters. The molecule has 0 spiro atoms. The quantitative estimate of drug-likeness (QED) is 0.867. The molecule has 25 heavy (non-hydrogen) atoms. The summed E-state index contributed by atoms with van der Waals surface area (Å²) in [5, 5.41) is 3.47. The van der Waals surface area contributed by atoms with E-state index in [9.17, 15) is 14.4 Å². The Morgan fingerprint density at radius 1 is 1.16 bits per heavy atom. The molecule has 1 saturated carbocycles. The lowest BCUT2D eigenvalue weighted by molar-refractivity contribution is -0.156. The van der Waals surface area contributed by atoms with E-state index in [-0.39, 0.29) is 23.6 Å². The van der Waals surface area contributed by atoms with Gasteiger partial charge < -0.3 is 15.1 Å². The lowest BCUT2D eigenvalue weighted by Gasteiger charge is -2.45. The van der Waals surface area contributed by atoms with Crippen LogP contribution >= 0.6 is 11.6 Å². The molecule has 4 rings (SSSR count). The maximum Gasteiger partial charge on any atom is 0.246 e. The average Bonchev–Trinajstić information content (AvgIpc) is 3.45. The molecule has 2 aliphatic heterocycles. The lowest BCUT2D eigenvalue weighted by atomic mass is 9.98. The average molecular weight is 362 g/mol. The van der Waals surface area contributed by atoms with Crippen LogP contribution in [0, 0.1) is 5.92 Å². The number of nitrogens with zero attached hydrogens (tertiary/aromatic N) is 2. The minimum absolute atomic E-state index is 0.0712. The maximum atomic E-state index is 12.8. The number of piperazine rings is 2. The van der Waals surface area contributed by atoms with E-state index in [0.717, 1.165) is 18.4 Å². The number of nitrogens with one attached hydrogen (secondary N) is 1. The molecule has 3 amide bonds. The molecular formula is C18H20ClN3O3. The van der Waals surface area contributed by atoms with Gasteiger partial charge in [-0.15, -0.1) is 0 Å². The van der Waals surface area contributed by atoms with Gasteiger partial charge in [0.25, 0.3) is 0 Å².